The van der Waals surface area contributed by atoms with Crippen LogP contribution in [0.25, 0.3) is 5.57 Å². The van der Waals surface area contributed by atoms with Gasteiger partial charge < -0.3 is 19.1 Å². The lowest BCUT2D eigenvalue weighted by molar-refractivity contribution is -0.137. The summed E-state index contributed by atoms with van der Waals surface area (Å²) in [4.78, 5) is 19.9. The predicted octanol–water partition coefficient (Wildman–Crippen LogP) is 2.15. The van der Waals surface area contributed by atoms with E-state index in [1.54, 1.807) is 20.5 Å². The van der Waals surface area contributed by atoms with E-state index in [1.165, 1.54) is 18.4 Å². The van der Waals surface area contributed by atoms with Crippen molar-refractivity contribution >= 4 is 11.5 Å². The number of ether oxygens (including phenoxy) is 3. The number of hydrogen-bond donors (Lipinski definition) is 0. The molecule has 1 aromatic carbocycles. The number of esters is 1. The number of carbonyl (C=O) groups is 1. The third-order valence-corrected chi connectivity index (χ3v) is 6.36. The number of carbonyl (C=O) groups excluding carboxylic acids is 1. The molecule has 2 unspecified atom stereocenters. The van der Waals surface area contributed by atoms with E-state index in [9.17, 15) is 4.79 Å². The van der Waals surface area contributed by atoms with Crippen LogP contribution in [0.1, 0.15) is 26.2 Å². The van der Waals surface area contributed by atoms with Crippen LogP contribution in [-0.4, -0.2) is 45.3 Å². The van der Waals surface area contributed by atoms with E-state index >= 15 is 0 Å². The molecule has 0 bridgehead atoms. The Bertz CT molecular complexity index is 1010. The number of nitrogens with zero attached hydrogens (tertiary/aromatic N) is 2. The Labute approximate surface area is 171 Å². The van der Waals surface area contributed by atoms with E-state index in [2.05, 4.69) is 11.8 Å². The second-order valence-electron chi connectivity index (χ2n) is 7.72. The maximum Gasteiger partial charge on any atom is 0.337 e. The highest BCUT2D eigenvalue weighted by Gasteiger charge is 2.40. The van der Waals surface area contributed by atoms with Gasteiger partial charge in [0.05, 0.1) is 44.2 Å². The average molecular weight is 396 g/mol. The van der Waals surface area contributed by atoms with Crippen LogP contribution in [0.3, 0.4) is 0 Å². The van der Waals surface area contributed by atoms with Crippen LogP contribution in [0.4, 0.5) is 0 Å². The summed E-state index contributed by atoms with van der Waals surface area (Å²) in [7, 11) is 4.70. The first-order valence-electron chi connectivity index (χ1n) is 10.2. The maximum absolute atomic E-state index is 12.5. The van der Waals surface area contributed by atoms with Gasteiger partial charge in [0.15, 0.2) is 0 Å². The third-order valence-electron chi connectivity index (χ3n) is 6.36. The molecule has 1 fully saturated rings. The van der Waals surface area contributed by atoms with Crippen LogP contribution in [0.15, 0.2) is 46.4 Å². The minimum Gasteiger partial charge on any atom is -0.504 e. The van der Waals surface area contributed by atoms with Crippen LogP contribution in [0.5, 0.6) is 5.75 Å². The van der Waals surface area contributed by atoms with Gasteiger partial charge in [-0.25, -0.2) is 9.79 Å². The van der Waals surface area contributed by atoms with Gasteiger partial charge in [-0.3, -0.25) is 0 Å². The predicted molar refractivity (Wildman–Crippen MR) is 109 cm³/mol. The molecule has 6 nitrogen and oxygen atoms in total. The van der Waals surface area contributed by atoms with Crippen molar-refractivity contribution in [2.75, 3.05) is 34.4 Å². The summed E-state index contributed by atoms with van der Waals surface area (Å²) in [6, 6.07) is 6.02. The Morgan fingerprint density at radius 3 is 2.83 bits per heavy atom. The first-order valence-corrected chi connectivity index (χ1v) is 10.2. The molecule has 4 rings (SSSR count). The first-order chi connectivity index (χ1) is 14.1. The molecule has 29 heavy (non-hydrogen) atoms. The number of rotatable bonds is 5. The molecule has 3 aliphatic heterocycles. The quantitative estimate of drug-likeness (QED) is 0.434. The highest BCUT2D eigenvalue weighted by molar-refractivity contribution is 5.89. The van der Waals surface area contributed by atoms with Crippen LogP contribution < -0.4 is 15.3 Å². The van der Waals surface area contributed by atoms with Gasteiger partial charge in [0.1, 0.15) is 5.75 Å². The number of methoxy groups -OCH3 is 3. The van der Waals surface area contributed by atoms with Crippen molar-refractivity contribution in [3.05, 3.63) is 52.0 Å². The van der Waals surface area contributed by atoms with E-state index in [0.29, 0.717) is 11.5 Å². The lowest BCUT2D eigenvalue weighted by Gasteiger charge is -2.44. The van der Waals surface area contributed by atoms with Crippen molar-refractivity contribution in [1.29, 1.82) is 0 Å². The van der Waals surface area contributed by atoms with Gasteiger partial charge in [0.2, 0.25) is 0 Å². The minimum absolute atomic E-state index is 0.0475. The van der Waals surface area contributed by atoms with Gasteiger partial charge in [0.25, 0.3) is 0 Å². The zero-order chi connectivity index (χ0) is 20.5. The molecule has 3 aliphatic rings. The highest BCUT2D eigenvalue weighted by atomic mass is 16.5. The van der Waals surface area contributed by atoms with E-state index in [-0.39, 0.29) is 11.9 Å². The van der Waals surface area contributed by atoms with Crippen molar-refractivity contribution < 1.29 is 19.0 Å². The number of hydrogen-bond acceptors (Lipinski definition) is 6. The normalized spacial score (nSPS) is 23.1. The summed E-state index contributed by atoms with van der Waals surface area (Å²) >= 11 is 0. The van der Waals surface area contributed by atoms with Gasteiger partial charge in [-0.05, 0) is 36.5 Å². The van der Waals surface area contributed by atoms with Crippen LogP contribution in [0, 0.1) is 11.8 Å². The van der Waals surface area contributed by atoms with Crippen molar-refractivity contribution in [2.45, 2.75) is 26.2 Å². The van der Waals surface area contributed by atoms with E-state index in [0.717, 1.165) is 54.4 Å². The fourth-order valence-electron chi connectivity index (χ4n) is 4.93. The smallest absolute Gasteiger partial charge is 0.337 e. The van der Waals surface area contributed by atoms with E-state index in [4.69, 9.17) is 19.2 Å². The van der Waals surface area contributed by atoms with E-state index in [1.807, 2.05) is 18.2 Å². The zero-order valence-corrected chi connectivity index (χ0v) is 17.5. The second kappa shape index (κ2) is 7.93. The molecule has 1 aromatic rings. The molecule has 2 atom stereocenters. The van der Waals surface area contributed by atoms with Crippen molar-refractivity contribution in [2.24, 2.45) is 16.8 Å². The molecule has 6 heteroatoms. The molecule has 0 saturated carbocycles. The average Bonchev–Trinajstić information content (AvgIpc) is 3.15. The van der Waals surface area contributed by atoms with Gasteiger partial charge >= 0.3 is 5.97 Å². The Morgan fingerprint density at radius 1 is 1.31 bits per heavy atom. The lowest BCUT2D eigenvalue weighted by Crippen LogP contribution is -2.43. The van der Waals surface area contributed by atoms with E-state index < -0.39 is 0 Å². The highest BCUT2D eigenvalue weighted by Crippen LogP contribution is 2.43. The fraction of sp³-hybridized carbons (Fsp3) is 0.478. The molecular weight excluding hydrogens is 368 g/mol. The molecule has 0 aliphatic carbocycles. The monoisotopic (exact) mass is 396 g/mol. The zero-order valence-electron chi connectivity index (χ0n) is 17.5. The summed E-state index contributed by atoms with van der Waals surface area (Å²) in [6.45, 7) is 4.06. The molecule has 0 aromatic heterocycles. The van der Waals surface area contributed by atoms with Crippen molar-refractivity contribution in [3.63, 3.8) is 0 Å². The standard InChI is InChI=1S/C23H28N2O4/c1-5-14-12-25-10-9-15-21-18(7-6-8-20(21)28-3)24-22(15)19(25)11-16(14)17(13-27-2)23(26)29-4/h6-8,13-14,16H,5,9-12H2,1-4H3. The molecule has 0 amide bonds. The second-order valence-corrected chi connectivity index (χ2v) is 7.72. The molecule has 154 valence electrons. The molecule has 0 N–H and O–H groups in total. The summed E-state index contributed by atoms with van der Waals surface area (Å²) in [5.74, 6) is 0.965. The first kappa shape index (κ1) is 19.6. The van der Waals surface area contributed by atoms with Crippen LogP contribution >= 0.6 is 0 Å². The summed E-state index contributed by atoms with van der Waals surface area (Å²) in [5.41, 5.74) is 4.13. The SMILES string of the molecule is CCC1CN2CCC3=c4c(OC)cccc4=NC3=C2CC1C(=COC)C(=O)OC. The summed E-state index contributed by atoms with van der Waals surface area (Å²) in [6.07, 6.45) is 4.25. The van der Waals surface area contributed by atoms with Crippen LogP contribution in [-0.2, 0) is 14.3 Å². The Balaban J connectivity index is 1.82. The molecular formula is C23H28N2O4. The number of allylic oxidation sites excluding steroid dienone is 2. The molecule has 0 radical (unpaired) electrons. The molecule has 1 saturated heterocycles. The number of benzene rings is 1. The maximum atomic E-state index is 12.5. The van der Waals surface area contributed by atoms with Gasteiger partial charge in [0, 0.05) is 29.9 Å². The Morgan fingerprint density at radius 2 is 2.14 bits per heavy atom. The van der Waals surface area contributed by atoms with Gasteiger partial charge in [-0.15, -0.1) is 0 Å². The molecule has 3 heterocycles. The van der Waals surface area contributed by atoms with Gasteiger partial charge in [-0.2, -0.15) is 0 Å². The molecule has 0 spiro atoms. The fourth-order valence-corrected chi connectivity index (χ4v) is 4.93. The van der Waals surface area contributed by atoms with Crippen molar-refractivity contribution in [1.82, 2.24) is 4.90 Å². The third kappa shape index (κ3) is 3.20. The van der Waals surface area contributed by atoms with Crippen LogP contribution in [0.2, 0.25) is 0 Å². The Hall–Kier alpha value is -2.76. The lowest BCUT2D eigenvalue weighted by atomic mass is 9.76. The Kier molecular flexibility index (Phi) is 5.35. The number of piperidine rings is 1. The van der Waals surface area contributed by atoms with Gasteiger partial charge in [-0.1, -0.05) is 19.4 Å². The largest absolute Gasteiger partial charge is 0.504 e. The summed E-state index contributed by atoms with van der Waals surface area (Å²) < 4.78 is 15.9. The topological polar surface area (TPSA) is 60.4 Å². The summed E-state index contributed by atoms with van der Waals surface area (Å²) in [5, 5.41) is 2.09. The number of fused-ring (bicyclic) bond motifs is 3. The van der Waals surface area contributed by atoms with Crippen molar-refractivity contribution in [3.8, 4) is 5.75 Å². The minimum atomic E-state index is -0.317.